The molecule has 1 aromatic rings. The van der Waals surface area contributed by atoms with E-state index >= 15 is 0 Å². The van der Waals surface area contributed by atoms with Crippen molar-refractivity contribution >= 4 is 6.09 Å². The Morgan fingerprint density at radius 1 is 1.47 bits per heavy atom. The van der Waals surface area contributed by atoms with Gasteiger partial charge in [-0.2, -0.15) is 5.26 Å². The average molecular weight is 259 g/mol. The Morgan fingerprint density at radius 3 is 2.84 bits per heavy atom. The Labute approximate surface area is 112 Å². The zero-order valence-corrected chi connectivity index (χ0v) is 11.4. The van der Waals surface area contributed by atoms with Gasteiger partial charge in [0.2, 0.25) is 0 Å². The van der Waals surface area contributed by atoms with E-state index in [1.807, 2.05) is 26.8 Å². The molecule has 0 aromatic carbocycles. The van der Waals surface area contributed by atoms with Crippen LogP contribution in [0.25, 0.3) is 0 Å². The number of carbonyl (C=O) groups excluding carboxylic acids is 1. The number of hydrogen-bond donors (Lipinski definition) is 0. The molecule has 0 N–H and O–H groups in total. The summed E-state index contributed by atoms with van der Waals surface area (Å²) in [6, 6.07) is 3.76. The van der Waals surface area contributed by atoms with Gasteiger partial charge in [0.05, 0.1) is 0 Å². The van der Waals surface area contributed by atoms with Crippen LogP contribution in [0.2, 0.25) is 0 Å². The van der Waals surface area contributed by atoms with Gasteiger partial charge in [0, 0.05) is 19.3 Å². The van der Waals surface area contributed by atoms with E-state index in [0.717, 1.165) is 17.5 Å². The number of ether oxygens (including phenoxy) is 1. The third kappa shape index (κ3) is 3.22. The number of carbonyl (C=O) groups is 1. The first-order valence-corrected chi connectivity index (χ1v) is 6.25. The van der Waals surface area contributed by atoms with Gasteiger partial charge in [-0.05, 0) is 44.4 Å². The highest BCUT2D eigenvalue weighted by Gasteiger charge is 2.25. The summed E-state index contributed by atoms with van der Waals surface area (Å²) >= 11 is 0. The summed E-state index contributed by atoms with van der Waals surface area (Å²) in [5, 5.41) is 8.85. The number of rotatable bonds is 0. The van der Waals surface area contributed by atoms with Crippen LogP contribution in [0, 0.1) is 11.3 Å². The second-order valence-electron chi connectivity index (χ2n) is 5.60. The lowest BCUT2D eigenvalue weighted by Crippen LogP contribution is -2.40. The van der Waals surface area contributed by atoms with Gasteiger partial charge in [-0.3, -0.25) is 0 Å². The van der Waals surface area contributed by atoms with Crippen LogP contribution in [0.15, 0.2) is 12.3 Å². The van der Waals surface area contributed by atoms with Crippen molar-refractivity contribution in [1.29, 1.82) is 5.26 Å². The predicted molar refractivity (Wildman–Crippen MR) is 69.3 cm³/mol. The molecule has 19 heavy (non-hydrogen) atoms. The summed E-state index contributed by atoms with van der Waals surface area (Å²) in [6.45, 7) is 6.64. The van der Waals surface area contributed by atoms with Crippen molar-refractivity contribution in [3.05, 3.63) is 29.1 Å². The van der Waals surface area contributed by atoms with Crippen LogP contribution >= 0.6 is 0 Å². The van der Waals surface area contributed by atoms with Crippen molar-refractivity contribution in [2.45, 2.75) is 39.3 Å². The highest BCUT2D eigenvalue weighted by atomic mass is 16.6. The molecule has 0 bridgehead atoms. The summed E-state index contributed by atoms with van der Waals surface area (Å²) in [4.78, 5) is 17.7. The second-order valence-corrected chi connectivity index (χ2v) is 5.60. The average Bonchev–Trinajstić information content (AvgIpc) is 2.35. The minimum atomic E-state index is -0.493. The van der Waals surface area contributed by atoms with Gasteiger partial charge in [0.15, 0.2) is 0 Å². The van der Waals surface area contributed by atoms with Crippen molar-refractivity contribution in [2.75, 3.05) is 6.54 Å². The first kappa shape index (κ1) is 13.3. The molecule has 5 nitrogen and oxygen atoms in total. The van der Waals surface area contributed by atoms with Crippen LogP contribution in [-0.4, -0.2) is 28.1 Å². The lowest BCUT2D eigenvalue weighted by atomic mass is 10.0. The number of nitriles is 1. The summed E-state index contributed by atoms with van der Waals surface area (Å²) < 4.78 is 5.36. The van der Waals surface area contributed by atoms with E-state index < -0.39 is 5.60 Å². The molecule has 5 heteroatoms. The third-order valence-electron chi connectivity index (χ3n) is 2.86. The number of pyridine rings is 1. The van der Waals surface area contributed by atoms with Gasteiger partial charge >= 0.3 is 6.09 Å². The Hall–Kier alpha value is -2.09. The quantitative estimate of drug-likeness (QED) is 0.716. The first-order valence-electron chi connectivity index (χ1n) is 6.25. The minimum absolute atomic E-state index is 0.312. The standard InChI is InChI=1S/C14H17N3O2/c1-14(2,3)19-13(18)17-5-4-10-8-16-12(7-15)6-11(10)9-17/h6,8H,4-5,9H2,1-3H3. The molecule has 0 saturated carbocycles. The molecular formula is C14H17N3O2. The van der Waals surface area contributed by atoms with E-state index in [9.17, 15) is 4.79 Å². The molecule has 2 heterocycles. The Kier molecular flexibility index (Phi) is 3.43. The zero-order chi connectivity index (χ0) is 14.0. The van der Waals surface area contributed by atoms with Crippen molar-refractivity contribution < 1.29 is 9.53 Å². The van der Waals surface area contributed by atoms with Crippen LogP contribution < -0.4 is 0 Å². The van der Waals surface area contributed by atoms with E-state index in [0.29, 0.717) is 18.8 Å². The molecule has 1 aromatic heterocycles. The maximum Gasteiger partial charge on any atom is 0.410 e. The topological polar surface area (TPSA) is 66.2 Å². The zero-order valence-electron chi connectivity index (χ0n) is 11.4. The lowest BCUT2D eigenvalue weighted by molar-refractivity contribution is 0.0224. The van der Waals surface area contributed by atoms with Gasteiger partial charge in [-0.15, -0.1) is 0 Å². The van der Waals surface area contributed by atoms with Gasteiger partial charge in [-0.25, -0.2) is 9.78 Å². The van der Waals surface area contributed by atoms with Crippen LogP contribution in [0.5, 0.6) is 0 Å². The fourth-order valence-corrected chi connectivity index (χ4v) is 1.98. The number of hydrogen-bond acceptors (Lipinski definition) is 4. The molecule has 1 amide bonds. The lowest BCUT2D eigenvalue weighted by Gasteiger charge is -2.31. The van der Waals surface area contributed by atoms with Crippen molar-refractivity contribution in [3.63, 3.8) is 0 Å². The van der Waals surface area contributed by atoms with Gasteiger partial charge in [-0.1, -0.05) is 0 Å². The second kappa shape index (κ2) is 4.88. The van der Waals surface area contributed by atoms with Crippen LogP contribution in [-0.2, 0) is 17.7 Å². The van der Waals surface area contributed by atoms with Crippen LogP contribution in [0.1, 0.15) is 37.6 Å². The van der Waals surface area contributed by atoms with Crippen LogP contribution in [0.3, 0.4) is 0 Å². The van der Waals surface area contributed by atoms with E-state index in [-0.39, 0.29) is 6.09 Å². The van der Waals surface area contributed by atoms with E-state index in [4.69, 9.17) is 10.00 Å². The largest absolute Gasteiger partial charge is 0.444 e. The van der Waals surface area contributed by atoms with Gasteiger partial charge in [0.1, 0.15) is 17.4 Å². The SMILES string of the molecule is CC(C)(C)OC(=O)N1CCc2cnc(C#N)cc2C1. The normalized spacial score (nSPS) is 14.5. The molecule has 1 aliphatic heterocycles. The highest BCUT2D eigenvalue weighted by molar-refractivity contribution is 5.68. The summed E-state index contributed by atoms with van der Waals surface area (Å²) in [6.07, 6.45) is 2.15. The summed E-state index contributed by atoms with van der Waals surface area (Å²) in [7, 11) is 0. The Morgan fingerprint density at radius 2 is 2.21 bits per heavy atom. The molecule has 0 aliphatic carbocycles. The Balaban J connectivity index is 2.13. The van der Waals surface area contributed by atoms with Gasteiger partial charge in [0.25, 0.3) is 0 Å². The monoisotopic (exact) mass is 259 g/mol. The molecule has 0 unspecified atom stereocenters. The van der Waals surface area contributed by atoms with E-state index in [1.54, 1.807) is 17.2 Å². The number of aromatic nitrogens is 1. The molecule has 0 atom stereocenters. The molecule has 0 spiro atoms. The number of fused-ring (bicyclic) bond motifs is 1. The smallest absolute Gasteiger partial charge is 0.410 e. The predicted octanol–water partition coefficient (Wildman–Crippen LogP) is 2.25. The molecule has 0 radical (unpaired) electrons. The molecule has 1 aliphatic rings. The molecule has 2 rings (SSSR count). The molecule has 0 saturated heterocycles. The fraction of sp³-hybridized carbons (Fsp3) is 0.500. The first-order chi connectivity index (χ1) is 8.89. The van der Waals surface area contributed by atoms with Crippen LogP contribution in [0.4, 0.5) is 4.79 Å². The maximum absolute atomic E-state index is 12.0. The van der Waals surface area contributed by atoms with Crippen molar-refractivity contribution in [2.24, 2.45) is 0 Å². The third-order valence-corrected chi connectivity index (χ3v) is 2.86. The Bertz CT molecular complexity index is 541. The van der Waals surface area contributed by atoms with Gasteiger partial charge < -0.3 is 9.64 Å². The van der Waals surface area contributed by atoms with E-state index in [1.165, 1.54) is 0 Å². The highest BCUT2D eigenvalue weighted by Crippen LogP contribution is 2.20. The van der Waals surface area contributed by atoms with Crippen molar-refractivity contribution in [3.8, 4) is 6.07 Å². The van der Waals surface area contributed by atoms with E-state index in [2.05, 4.69) is 4.98 Å². The minimum Gasteiger partial charge on any atom is -0.444 e. The molecule has 100 valence electrons. The fourth-order valence-electron chi connectivity index (χ4n) is 1.98. The van der Waals surface area contributed by atoms with Crippen molar-refractivity contribution in [1.82, 2.24) is 9.88 Å². The maximum atomic E-state index is 12.0. The number of amides is 1. The molecule has 0 fully saturated rings. The summed E-state index contributed by atoms with van der Waals surface area (Å²) in [5.41, 5.74) is 1.96. The molecular weight excluding hydrogens is 242 g/mol. The summed E-state index contributed by atoms with van der Waals surface area (Å²) in [5.74, 6) is 0. The number of nitrogens with zero attached hydrogens (tertiary/aromatic N) is 3.